The van der Waals surface area contributed by atoms with Gasteiger partial charge in [0.25, 0.3) is 5.91 Å². The molecule has 0 heterocycles. The van der Waals surface area contributed by atoms with Crippen molar-refractivity contribution < 1.29 is 13.9 Å². The molecule has 1 amide bonds. The Morgan fingerprint density at radius 1 is 1.15 bits per heavy atom. The van der Waals surface area contributed by atoms with Gasteiger partial charge in [0.05, 0.1) is 0 Å². The first-order chi connectivity index (χ1) is 9.69. The Balaban J connectivity index is 1.90. The number of carbonyl (C=O) groups is 1. The maximum absolute atomic E-state index is 12.7. The molecule has 0 saturated heterocycles. The summed E-state index contributed by atoms with van der Waals surface area (Å²) < 4.78 is 18.2. The molecule has 104 valence electrons. The van der Waals surface area contributed by atoms with Gasteiger partial charge in [-0.15, -0.1) is 0 Å². The summed E-state index contributed by atoms with van der Waals surface area (Å²) in [7, 11) is 0. The highest BCUT2D eigenvalue weighted by atomic mass is 19.1. The minimum Gasteiger partial charge on any atom is -0.483 e. The maximum atomic E-state index is 12.7. The van der Waals surface area contributed by atoms with Crippen LogP contribution in [0, 0.1) is 5.82 Å². The Hall–Kier alpha value is -2.36. The molecule has 0 aromatic heterocycles. The van der Waals surface area contributed by atoms with E-state index in [1.165, 1.54) is 24.3 Å². The number of anilines is 1. The van der Waals surface area contributed by atoms with E-state index >= 15 is 0 Å². The van der Waals surface area contributed by atoms with E-state index in [-0.39, 0.29) is 18.3 Å². The molecule has 4 heteroatoms. The number of carbonyl (C=O) groups excluding carboxylic acids is 1. The molecule has 2 aromatic rings. The lowest BCUT2D eigenvalue weighted by Gasteiger charge is -2.10. The van der Waals surface area contributed by atoms with Crippen LogP contribution in [0.2, 0.25) is 0 Å². The largest absolute Gasteiger partial charge is 0.483 e. The van der Waals surface area contributed by atoms with E-state index in [4.69, 9.17) is 4.74 Å². The van der Waals surface area contributed by atoms with E-state index in [0.717, 1.165) is 12.0 Å². The van der Waals surface area contributed by atoms with Gasteiger partial charge < -0.3 is 10.1 Å². The number of halogens is 1. The molecule has 0 saturated carbocycles. The Kier molecular flexibility index (Phi) is 4.71. The lowest BCUT2D eigenvalue weighted by atomic mass is 10.1. The van der Waals surface area contributed by atoms with Gasteiger partial charge in [-0.05, 0) is 42.3 Å². The average molecular weight is 273 g/mol. The SMILES string of the molecule is CCc1ccccc1OCC(=O)Nc1ccc(F)cc1. The van der Waals surface area contributed by atoms with Crippen LogP contribution in [-0.4, -0.2) is 12.5 Å². The fourth-order valence-corrected chi connectivity index (χ4v) is 1.81. The third kappa shape index (κ3) is 3.82. The third-order valence-corrected chi connectivity index (χ3v) is 2.84. The number of aryl methyl sites for hydroxylation is 1. The molecule has 0 atom stereocenters. The van der Waals surface area contributed by atoms with E-state index < -0.39 is 0 Å². The van der Waals surface area contributed by atoms with Crippen LogP contribution in [0.4, 0.5) is 10.1 Å². The summed E-state index contributed by atoms with van der Waals surface area (Å²) in [6, 6.07) is 13.2. The number of hydrogen-bond acceptors (Lipinski definition) is 2. The molecule has 1 N–H and O–H groups in total. The first-order valence-corrected chi connectivity index (χ1v) is 6.45. The molecular formula is C16H16FNO2. The Morgan fingerprint density at radius 3 is 2.55 bits per heavy atom. The van der Waals surface area contributed by atoms with E-state index in [9.17, 15) is 9.18 Å². The summed E-state index contributed by atoms with van der Waals surface area (Å²) in [6.07, 6.45) is 0.843. The van der Waals surface area contributed by atoms with Crippen molar-refractivity contribution in [3.05, 3.63) is 59.9 Å². The summed E-state index contributed by atoms with van der Waals surface area (Å²) in [6.45, 7) is 1.95. The highest BCUT2D eigenvalue weighted by Crippen LogP contribution is 2.18. The molecule has 0 aliphatic carbocycles. The normalized spacial score (nSPS) is 10.1. The second-order valence-electron chi connectivity index (χ2n) is 4.31. The third-order valence-electron chi connectivity index (χ3n) is 2.84. The van der Waals surface area contributed by atoms with E-state index in [0.29, 0.717) is 11.4 Å². The molecule has 0 spiro atoms. The van der Waals surface area contributed by atoms with Gasteiger partial charge in [0.1, 0.15) is 11.6 Å². The van der Waals surface area contributed by atoms with Gasteiger partial charge in [-0.25, -0.2) is 4.39 Å². The van der Waals surface area contributed by atoms with Gasteiger partial charge in [0.15, 0.2) is 6.61 Å². The predicted octanol–water partition coefficient (Wildman–Crippen LogP) is 3.41. The summed E-state index contributed by atoms with van der Waals surface area (Å²) in [5.74, 6) is 0.0999. The number of amides is 1. The zero-order valence-corrected chi connectivity index (χ0v) is 11.2. The molecule has 0 fully saturated rings. The Labute approximate surface area is 117 Å². The van der Waals surface area contributed by atoms with Crippen molar-refractivity contribution >= 4 is 11.6 Å². The van der Waals surface area contributed by atoms with E-state index in [2.05, 4.69) is 5.32 Å². The number of ether oxygens (including phenoxy) is 1. The molecule has 2 aromatic carbocycles. The zero-order valence-electron chi connectivity index (χ0n) is 11.2. The van der Waals surface area contributed by atoms with Crippen LogP contribution < -0.4 is 10.1 Å². The monoisotopic (exact) mass is 273 g/mol. The van der Waals surface area contributed by atoms with Crippen LogP contribution in [0.25, 0.3) is 0 Å². The van der Waals surface area contributed by atoms with Crippen LogP contribution in [0.1, 0.15) is 12.5 Å². The Bertz CT molecular complexity index is 581. The first-order valence-electron chi connectivity index (χ1n) is 6.45. The quantitative estimate of drug-likeness (QED) is 0.906. The van der Waals surface area contributed by atoms with Crippen LogP contribution >= 0.6 is 0 Å². The van der Waals surface area contributed by atoms with Crippen LogP contribution in [0.5, 0.6) is 5.75 Å². The van der Waals surface area contributed by atoms with Crippen molar-refractivity contribution in [3.63, 3.8) is 0 Å². The van der Waals surface area contributed by atoms with Gasteiger partial charge in [0.2, 0.25) is 0 Å². The van der Waals surface area contributed by atoms with Crippen molar-refractivity contribution in [3.8, 4) is 5.75 Å². The van der Waals surface area contributed by atoms with Crippen LogP contribution in [-0.2, 0) is 11.2 Å². The van der Waals surface area contributed by atoms with E-state index in [1.54, 1.807) is 0 Å². The molecule has 2 rings (SSSR count). The first kappa shape index (κ1) is 14.1. The number of rotatable bonds is 5. The number of hydrogen-bond donors (Lipinski definition) is 1. The van der Waals surface area contributed by atoms with Crippen molar-refractivity contribution in [2.45, 2.75) is 13.3 Å². The fourth-order valence-electron chi connectivity index (χ4n) is 1.81. The van der Waals surface area contributed by atoms with Gasteiger partial charge in [-0.3, -0.25) is 4.79 Å². The number of nitrogens with one attached hydrogen (secondary N) is 1. The van der Waals surface area contributed by atoms with Crippen molar-refractivity contribution in [1.82, 2.24) is 0 Å². The predicted molar refractivity (Wildman–Crippen MR) is 76.3 cm³/mol. The topological polar surface area (TPSA) is 38.3 Å². The second-order valence-corrected chi connectivity index (χ2v) is 4.31. The minimum atomic E-state index is -0.337. The van der Waals surface area contributed by atoms with Gasteiger partial charge in [-0.2, -0.15) is 0 Å². The van der Waals surface area contributed by atoms with Crippen molar-refractivity contribution in [1.29, 1.82) is 0 Å². The van der Waals surface area contributed by atoms with Gasteiger partial charge in [0, 0.05) is 5.69 Å². The molecule has 3 nitrogen and oxygen atoms in total. The van der Waals surface area contributed by atoms with Crippen molar-refractivity contribution in [2.75, 3.05) is 11.9 Å². The fraction of sp³-hybridized carbons (Fsp3) is 0.188. The zero-order chi connectivity index (χ0) is 14.4. The highest BCUT2D eigenvalue weighted by Gasteiger charge is 2.06. The molecule has 0 aliphatic rings. The number of para-hydroxylation sites is 1. The lowest BCUT2D eigenvalue weighted by molar-refractivity contribution is -0.118. The second kappa shape index (κ2) is 6.70. The van der Waals surface area contributed by atoms with Gasteiger partial charge in [-0.1, -0.05) is 25.1 Å². The number of benzene rings is 2. The molecule has 0 unspecified atom stereocenters. The lowest BCUT2D eigenvalue weighted by Crippen LogP contribution is -2.20. The molecule has 20 heavy (non-hydrogen) atoms. The smallest absolute Gasteiger partial charge is 0.262 e. The summed E-state index contributed by atoms with van der Waals surface area (Å²) in [5, 5.41) is 2.65. The van der Waals surface area contributed by atoms with E-state index in [1.807, 2.05) is 31.2 Å². The molecule has 0 bridgehead atoms. The van der Waals surface area contributed by atoms with Gasteiger partial charge >= 0.3 is 0 Å². The standard InChI is InChI=1S/C16H16FNO2/c1-2-12-5-3-4-6-15(12)20-11-16(19)18-14-9-7-13(17)8-10-14/h3-10H,2,11H2,1H3,(H,18,19). The van der Waals surface area contributed by atoms with Crippen LogP contribution in [0.15, 0.2) is 48.5 Å². The highest BCUT2D eigenvalue weighted by molar-refractivity contribution is 5.91. The van der Waals surface area contributed by atoms with Crippen LogP contribution in [0.3, 0.4) is 0 Å². The molecular weight excluding hydrogens is 257 g/mol. The molecule has 0 radical (unpaired) electrons. The summed E-state index contributed by atoms with van der Waals surface area (Å²) >= 11 is 0. The minimum absolute atomic E-state index is 0.0750. The Morgan fingerprint density at radius 2 is 1.85 bits per heavy atom. The summed E-state index contributed by atoms with van der Waals surface area (Å²) in [4.78, 5) is 11.7. The maximum Gasteiger partial charge on any atom is 0.262 e. The van der Waals surface area contributed by atoms with Crippen molar-refractivity contribution in [2.24, 2.45) is 0 Å². The summed E-state index contributed by atoms with van der Waals surface area (Å²) in [5.41, 5.74) is 1.60. The molecule has 0 aliphatic heterocycles. The average Bonchev–Trinajstić information content (AvgIpc) is 2.48.